The van der Waals surface area contributed by atoms with Gasteiger partial charge in [-0.25, -0.2) is 0 Å². The monoisotopic (exact) mass is 178 g/mol. The van der Waals surface area contributed by atoms with Crippen LogP contribution in [-0.4, -0.2) is 10.8 Å². The van der Waals surface area contributed by atoms with Crippen molar-refractivity contribution in [1.29, 1.82) is 0 Å². The van der Waals surface area contributed by atoms with Gasteiger partial charge in [0.05, 0.1) is 5.69 Å². The van der Waals surface area contributed by atoms with E-state index in [4.69, 9.17) is 5.73 Å². The molecule has 2 N–H and O–H groups in total. The normalized spacial score (nSPS) is 10.4. The molecule has 0 spiro atoms. The quantitative estimate of drug-likeness (QED) is 0.719. The first-order valence-electron chi connectivity index (χ1n) is 4.35. The Labute approximate surface area is 78.0 Å². The van der Waals surface area contributed by atoms with Gasteiger partial charge in [-0.2, -0.15) is 0 Å². The molecular weight excluding hydrogens is 164 g/mol. The molecule has 1 rings (SSSR count). The van der Waals surface area contributed by atoms with Gasteiger partial charge in [0, 0.05) is 12.6 Å². The minimum Gasteiger partial charge on any atom is -0.397 e. The second-order valence-corrected chi connectivity index (χ2v) is 3.46. The Balaban J connectivity index is 2.83. The highest BCUT2D eigenvalue weighted by atomic mass is 16.1. The Morgan fingerprint density at radius 3 is 2.85 bits per heavy atom. The number of nitrogens with two attached hydrogens (primary N) is 1. The van der Waals surface area contributed by atoms with Crippen LogP contribution in [0.4, 0.5) is 5.69 Å². The first kappa shape index (κ1) is 9.71. The van der Waals surface area contributed by atoms with Crippen LogP contribution in [0.15, 0.2) is 18.3 Å². The van der Waals surface area contributed by atoms with E-state index in [1.54, 1.807) is 18.3 Å². The largest absolute Gasteiger partial charge is 0.397 e. The summed E-state index contributed by atoms with van der Waals surface area (Å²) < 4.78 is 0. The van der Waals surface area contributed by atoms with Crippen LogP contribution in [0.2, 0.25) is 0 Å². The van der Waals surface area contributed by atoms with E-state index in [2.05, 4.69) is 4.98 Å². The fraction of sp³-hybridized carbons (Fsp3) is 0.400. The predicted octanol–water partition coefficient (Wildman–Crippen LogP) is 1.89. The highest BCUT2D eigenvalue weighted by Gasteiger charge is 2.11. The molecule has 1 aromatic rings. The number of ketones is 1. The Hall–Kier alpha value is -1.38. The van der Waals surface area contributed by atoms with Crippen LogP contribution >= 0.6 is 0 Å². The van der Waals surface area contributed by atoms with Gasteiger partial charge in [-0.1, -0.05) is 13.8 Å². The summed E-state index contributed by atoms with van der Waals surface area (Å²) in [6.45, 7) is 3.99. The Bertz CT molecular complexity index is 308. The fourth-order valence-corrected chi connectivity index (χ4v) is 1.12. The topological polar surface area (TPSA) is 56.0 Å². The van der Waals surface area contributed by atoms with Gasteiger partial charge in [0.1, 0.15) is 5.69 Å². The molecule has 0 aromatic carbocycles. The van der Waals surface area contributed by atoms with Crippen LogP contribution in [0, 0.1) is 5.92 Å². The SMILES string of the molecule is CC(C)CC(=O)c1ncccc1N. The number of hydrogen-bond donors (Lipinski definition) is 1. The smallest absolute Gasteiger partial charge is 0.183 e. The first-order valence-corrected chi connectivity index (χ1v) is 4.35. The molecule has 0 atom stereocenters. The molecular formula is C10H14N2O. The molecule has 1 heterocycles. The summed E-state index contributed by atoms with van der Waals surface area (Å²) in [4.78, 5) is 15.5. The fourth-order valence-electron chi connectivity index (χ4n) is 1.12. The molecule has 13 heavy (non-hydrogen) atoms. The van der Waals surface area contributed by atoms with Gasteiger partial charge in [-0.3, -0.25) is 9.78 Å². The number of anilines is 1. The summed E-state index contributed by atoms with van der Waals surface area (Å²) in [6, 6.07) is 3.42. The van der Waals surface area contributed by atoms with Gasteiger partial charge >= 0.3 is 0 Å². The molecule has 0 saturated heterocycles. The zero-order valence-corrected chi connectivity index (χ0v) is 7.95. The van der Waals surface area contributed by atoms with Gasteiger partial charge in [0.25, 0.3) is 0 Å². The van der Waals surface area contributed by atoms with Gasteiger partial charge < -0.3 is 5.73 Å². The van der Waals surface area contributed by atoms with Crippen LogP contribution in [0.25, 0.3) is 0 Å². The summed E-state index contributed by atoms with van der Waals surface area (Å²) in [7, 11) is 0. The lowest BCUT2D eigenvalue weighted by Gasteiger charge is -2.04. The number of carbonyl (C=O) groups is 1. The minimum absolute atomic E-state index is 0.0214. The Morgan fingerprint density at radius 1 is 1.62 bits per heavy atom. The lowest BCUT2D eigenvalue weighted by molar-refractivity contribution is 0.0964. The molecule has 0 fully saturated rings. The zero-order chi connectivity index (χ0) is 9.84. The highest BCUT2D eigenvalue weighted by molar-refractivity contribution is 5.98. The van der Waals surface area contributed by atoms with Crippen LogP contribution in [-0.2, 0) is 0 Å². The molecule has 0 aliphatic carbocycles. The average molecular weight is 178 g/mol. The van der Waals surface area contributed by atoms with Crippen molar-refractivity contribution >= 4 is 11.5 Å². The van der Waals surface area contributed by atoms with E-state index in [1.807, 2.05) is 13.8 Å². The maximum absolute atomic E-state index is 11.5. The van der Waals surface area contributed by atoms with Crippen molar-refractivity contribution in [3.63, 3.8) is 0 Å². The average Bonchev–Trinajstić information content (AvgIpc) is 2.03. The summed E-state index contributed by atoms with van der Waals surface area (Å²) in [5.74, 6) is 0.363. The molecule has 0 radical (unpaired) electrons. The number of carbonyl (C=O) groups excluding carboxylic acids is 1. The zero-order valence-electron chi connectivity index (χ0n) is 7.95. The van der Waals surface area contributed by atoms with Crippen molar-refractivity contribution in [2.75, 3.05) is 5.73 Å². The van der Waals surface area contributed by atoms with Gasteiger partial charge in [0.15, 0.2) is 5.78 Å². The van der Waals surface area contributed by atoms with E-state index < -0.39 is 0 Å². The maximum Gasteiger partial charge on any atom is 0.183 e. The van der Waals surface area contributed by atoms with Crippen molar-refractivity contribution in [1.82, 2.24) is 4.98 Å². The molecule has 0 aliphatic heterocycles. The Kier molecular flexibility index (Phi) is 3.01. The highest BCUT2D eigenvalue weighted by Crippen LogP contribution is 2.12. The van der Waals surface area contributed by atoms with Crippen LogP contribution < -0.4 is 5.73 Å². The standard InChI is InChI=1S/C10H14N2O/c1-7(2)6-9(13)10-8(11)4-3-5-12-10/h3-5,7H,6,11H2,1-2H3. The number of aromatic nitrogens is 1. The van der Waals surface area contributed by atoms with Crippen molar-refractivity contribution in [2.45, 2.75) is 20.3 Å². The Morgan fingerprint density at radius 2 is 2.31 bits per heavy atom. The predicted molar refractivity (Wildman–Crippen MR) is 52.4 cm³/mol. The third-order valence-electron chi connectivity index (χ3n) is 1.70. The molecule has 0 unspecified atom stereocenters. The van der Waals surface area contributed by atoms with E-state index in [0.29, 0.717) is 23.7 Å². The van der Waals surface area contributed by atoms with Crippen molar-refractivity contribution in [3.05, 3.63) is 24.0 Å². The number of hydrogen-bond acceptors (Lipinski definition) is 3. The van der Waals surface area contributed by atoms with Crippen LogP contribution in [0.3, 0.4) is 0 Å². The van der Waals surface area contributed by atoms with E-state index >= 15 is 0 Å². The lowest BCUT2D eigenvalue weighted by Crippen LogP contribution is -2.08. The summed E-state index contributed by atoms with van der Waals surface area (Å²) in [5.41, 5.74) is 6.48. The van der Waals surface area contributed by atoms with Gasteiger partial charge in [-0.05, 0) is 18.1 Å². The number of nitrogens with zero attached hydrogens (tertiary/aromatic N) is 1. The molecule has 0 amide bonds. The summed E-state index contributed by atoms with van der Waals surface area (Å²) in [5, 5.41) is 0. The third-order valence-corrected chi connectivity index (χ3v) is 1.70. The second kappa shape index (κ2) is 4.03. The summed E-state index contributed by atoms with van der Waals surface area (Å²) in [6.07, 6.45) is 2.09. The number of Topliss-reactive ketones (excluding diaryl/α,β-unsaturated/α-hetero) is 1. The molecule has 0 aliphatic rings. The summed E-state index contributed by atoms with van der Waals surface area (Å²) >= 11 is 0. The second-order valence-electron chi connectivity index (χ2n) is 3.46. The lowest BCUT2D eigenvalue weighted by atomic mass is 10.0. The maximum atomic E-state index is 11.5. The van der Waals surface area contributed by atoms with Crippen LogP contribution in [0.1, 0.15) is 30.8 Å². The molecule has 1 aromatic heterocycles. The van der Waals surface area contributed by atoms with Crippen molar-refractivity contribution < 1.29 is 4.79 Å². The van der Waals surface area contributed by atoms with Crippen molar-refractivity contribution in [2.24, 2.45) is 5.92 Å². The number of rotatable bonds is 3. The van der Waals surface area contributed by atoms with Crippen LogP contribution in [0.5, 0.6) is 0 Å². The van der Waals surface area contributed by atoms with Gasteiger partial charge in [0.2, 0.25) is 0 Å². The third kappa shape index (κ3) is 2.54. The molecule has 3 nitrogen and oxygen atoms in total. The molecule has 0 saturated carbocycles. The minimum atomic E-state index is 0.0214. The van der Waals surface area contributed by atoms with E-state index in [1.165, 1.54) is 0 Å². The van der Waals surface area contributed by atoms with E-state index in [9.17, 15) is 4.79 Å². The molecule has 3 heteroatoms. The first-order chi connectivity index (χ1) is 6.11. The van der Waals surface area contributed by atoms with Gasteiger partial charge in [-0.15, -0.1) is 0 Å². The molecule has 70 valence electrons. The molecule has 0 bridgehead atoms. The number of nitrogen functional groups attached to an aromatic ring is 1. The van der Waals surface area contributed by atoms with E-state index in [0.717, 1.165) is 0 Å². The van der Waals surface area contributed by atoms with Crippen molar-refractivity contribution in [3.8, 4) is 0 Å². The van der Waals surface area contributed by atoms with E-state index in [-0.39, 0.29) is 5.78 Å². The number of pyridine rings is 1.